The topological polar surface area (TPSA) is 57.5 Å². The van der Waals surface area contributed by atoms with Crippen LogP contribution in [-0.4, -0.2) is 16.4 Å². The van der Waals surface area contributed by atoms with Crippen molar-refractivity contribution in [2.45, 2.75) is 32.6 Å². The number of rotatable bonds is 3. The van der Waals surface area contributed by atoms with Crippen molar-refractivity contribution in [2.75, 3.05) is 0 Å². The van der Waals surface area contributed by atoms with E-state index in [2.05, 4.69) is 13.8 Å². The van der Waals surface area contributed by atoms with Gasteiger partial charge in [-0.15, -0.1) is 0 Å². The molecule has 0 radical (unpaired) electrons. The van der Waals surface area contributed by atoms with E-state index >= 15 is 0 Å². The Bertz CT molecular complexity index is 68.1. The van der Waals surface area contributed by atoms with Gasteiger partial charge >= 0.3 is 25.0 Å². The summed E-state index contributed by atoms with van der Waals surface area (Å²) in [6.07, 6.45) is 3.24. The second kappa shape index (κ2) is 16.5. The molecule has 0 aliphatic rings. The van der Waals surface area contributed by atoms with Crippen molar-refractivity contribution in [3.05, 3.63) is 6.92 Å². The predicted molar refractivity (Wildman–Crippen MR) is 40.2 cm³/mol. The Balaban J connectivity index is -0.000000114. The van der Waals surface area contributed by atoms with E-state index in [9.17, 15) is 0 Å². The minimum atomic E-state index is -1.83. The predicted octanol–water partition coefficient (Wildman–Crippen LogP) is -0.373. The van der Waals surface area contributed by atoms with Gasteiger partial charge in [-0.1, -0.05) is 26.2 Å². The van der Waals surface area contributed by atoms with Gasteiger partial charge in [0.05, 0.1) is 0 Å². The molecule has 11 heavy (non-hydrogen) atoms. The number of carboxylic acid groups (broad SMARTS) is 2. The fraction of sp³-hybridized carbons (Fsp3) is 0.714. The van der Waals surface area contributed by atoms with Gasteiger partial charge in [-0.05, 0) is 0 Å². The van der Waals surface area contributed by atoms with Gasteiger partial charge < -0.3 is 17.1 Å². The first-order valence-electron chi connectivity index (χ1n) is 3.36. The third-order valence-corrected chi connectivity index (χ3v) is 0.854. The number of unbranched alkanes of at least 4 members (excludes halogenated alkanes) is 3. The van der Waals surface area contributed by atoms with Crippen LogP contribution in [0.3, 0.4) is 0 Å². The van der Waals surface area contributed by atoms with Crippen LogP contribution in [0.15, 0.2) is 0 Å². The second-order valence-corrected chi connectivity index (χ2v) is 1.84. The molecule has 0 spiro atoms. The third kappa shape index (κ3) is 74.3. The third-order valence-electron chi connectivity index (χ3n) is 0.854. The molecule has 0 aromatic heterocycles. The summed E-state index contributed by atoms with van der Waals surface area (Å²) in [5.74, 6) is 0. The summed E-state index contributed by atoms with van der Waals surface area (Å²) in [4.78, 5) is 8.56. The van der Waals surface area contributed by atoms with Crippen LogP contribution in [0, 0.1) is 6.92 Å². The van der Waals surface area contributed by atoms with Crippen LogP contribution >= 0.6 is 0 Å². The van der Waals surface area contributed by atoms with E-state index in [4.69, 9.17) is 15.0 Å². The van der Waals surface area contributed by atoms with Crippen LogP contribution in [0.5, 0.6) is 0 Å². The molecule has 0 fully saturated rings. The molecular formula is C7H15LiO3. The zero-order valence-corrected chi connectivity index (χ0v) is 7.34. The minimum Gasteiger partial charge on any atom is -0.450 e. The summed E-state index contributed by atoms with van der Waals surface area (Å²) in [5.41, 5.74) is 0. The molecule has 4 heteroatoms. The quantitative estimate of drug-likeness (QED) is 0.331. The van der Waals surface area contributed by atoms with Crippen LogP contribution < -0.4 is 18.9 Å². The molecule has 0 amide bonds. The minimum absolute atomic E-state index is 0. The van der Waals surface area contributed by atoms with Crippen molar-refractivity contribution in [3.8, 4) is 0 Å². The summed E-state index contributed by atoms with van der Waals surface area (Å²) in [5, 5.41) is 13.9. The first kappa shape index (κ1) is 17.1. The molecule has 0 aliphatic carbocycles. The summed E-state index contributed by atoms with van der Waals surface area (Å²) in [6, 6.07) is 0. The van der Waals surface area contributed by atoms with Gasteiger partial charge in [0.1, 0.15) is 0 Å². The van der Waals surface area contributed by atoms with E-state index in [1.807, 2.05) is 0 Å². The molecule has 0 unspecified atom stereocenters. The Hall–Kier alpha value is -0.133. The summed E-state index contributed by atoms with van der Waals surface area (Å²) < 4.78 is 0. The smallest absolute Gasteiger partial charge is 0.450 e. The Morgan fingerprint density at radius 3 is 1.82 bits per heavy atom. The first-order valence-corrected chi connectivity index (χ1v) is 3.36. The standard InChI is InChI=1S/C6H13.CH2O3.Li/c1-3-5-6-4-2;2-1(3)4;/h1,3-6H2,2H3;(H2,2,3,4);/q-1;;+1. The van der Waals surface area contributed by atoms with Crippen molar-refractivity contribution in [3.63, 3.8) is 0 Å². The fourth-order valence-electron chi connectivity index (χ4n) is 0.427. The van der Waals surface area contributed by atoms with E-state index < -0.39 is 6.16 Å². The zero-order chi connectivity index (χ0) is 8.41. The van der Waals surface area contributed by atoms with Gasteiger partial charge in [0.2, 0.25) is 0 Å². The number of hydrogen-bond acceptors (Lipinski definition) is 1. The maximum absolute atomic E-state index is 8.56. The van der Waals surface area contributed by atoms with E-state index in [0.29, 0.717) is 0 Å². The van der Waals surface area contributed by atoms with Crippen LogP contribution in [0.25, 0.3) is 0 Å². The Morgan fingerprint density at radius 1 is 1.36 bits per heavy atom. The molecule has 0 aromatic rings. The van der Waals surface area contributed by atoms with Crippen molar-refractivity contribution in [1.82, 2.24) is 0 Å². The number of hydrogen-bond donors (Lipinski definition) is 2. The Morgan fingerprint density at radius 2 is 1.73 bits per heavy atom. The molecular weight excluding hydrogens is 139 g/mol. The van der Waals surface area contributed by atoms with Gasteiger partial charge in [-0.25, -0.2) is 4.79 Å². The van der Waals surface area contributed by atoms with E-state index in [1.54, 1.807) is 0 Å². The van der Waals surface area contributed by atoms with Crippen molar-refractivity contribution < 1.29 is 33.9 Å². The van der Waals surface area contributed by atoms with Gasteiger partial charge in [-0.2, -0.15) is 6.42 Å². The van der Waals surface area contributed by atoms with Crippen LogP contribution in [0.1, 0.15) is 32.6 Å². The molecule has 2 N–H and O–H groups in total. The molecule has 3 nitrogen and oxygen atoms in total. The monoisotopic (exact) mass is 154 g/mol. The number of carbonyl (C=O) groups is 1. The van der Waals surface area contributed by atoms with E-state index in [0.717, 1.165) is 6.42 Å². The van der Waals surface area contributed by atoms with Crippen molar-refractivity contribution >= 4 is 6.16 Å². The molecule has 0 aliphatic heterocycles. The SMILES string of the molecule is O=C(O)O.[CH2-]CCCCC.[Li+]. The maximum atomic E-state index is 8.56. The average molecular weight is 154 g/mol. The van der Waals surface area contributed by atoms with Gasteiger partial charge in [0, 0.05) is 0 Å². The summed E-state index contributed by atoms with van der Waals surface area (Å²) in [6.45, 7) is 5.93. The summed E-state index contributed by atoms with van der Waals surface area (Å²) in [7, 11) is 0. The fourth-order valence-corrected chi connectivity index (χ4v) is 0.427. The first-order chi connectivity index (χ1) is 4.65. The average Bonchev–Trinajstić information content (AvgIpc) is 1.82. The second-order valence-electron chi connectivity index (χ2n) is 1.84. The molecule has 0 bridgehead atoms. The van der Waals surface area contributed by atoms with Crippen LogP contribution in [0.4, 0.5) is 4.79 Å². The van der Waals surface area contributed by atoms with Gasteiger partial charge in [-0.3, -0.25) is 0 Å². The van der Waals surface area contributed by atoms with Gasteiger partial charge in [0.15, 0.2) is 0 Å². The zero-order valence-electron chi connectivity index (χ0n) is 7.34. The van der Waals surface area contributed by atoms with E-state index in [-0.39, 0.29) is 18.9 Å². The molecule has 62 valence electrons. The normalized spacial score (nSPS) is 7.09. The van der Waals surface area contributed by atoms with Crippen molar-refractivity contribution in [2.24, 2.45) is 0 Å². The van der Waals surface area contributed by atoms with Crippen molar-refractivity contribution in [1.29, 1.82) is 0 Å². The Kier molecular flexibility index (Phi) is 25.6. The molecule has 0 atom stereocenters. The Labute approximate surface area is 80.0 Å². The molecule has 0 saturated carbocycles. The van der Waals surface area contributed by atoms with Crippen LogP contribution in [-0.2, 0) is 0 Å². The largest absolute Gasteiger partial charge is 1.00 e. The van der Waals surface area contributed by atoms with Gasteiger partial charge in [0.25, 0.3) is 0 Å². The molecule has 0 heterocycles. The van der Waals surface area contributed by atoms with E-state index in [1.165, 1.54) is 19.3 Å². The molecule has 0 aromatic carbocycles. The molecule has 0 rings (SSSR count). The molecule has 0 saturated heterocycles. The van der Waals surface area contributed by atoms with Crippen LogP contribution in [0.2, 0.25) is 0 Å². The maximum Gasteiger partial charge on any atom is 1.00 e. The summed E-state index contributed by atoms with van der Waals surface area (Å²) >= 11 is 0.